The van der Waals surface area contributed by atoms with E-state index in [2.05, 4.69) is 17.1 Å². The molecule has 0 spiro atoms. The number of alkyl halides is 2. The number of carbonyl (C=O) groups is 2. The van der Waals surface area contributed by atoms with Gasteiger partial charge in [-0.1, -0.05) is 71.7 Å². The molecule has 0 unspecified atom stereocenters. The van der Waals surface area contributed by atoms with Crippen molar-refractivity contribution >= 4 is 46.8 Å². The summed E-state index contributed by atoms with van der Waals surface area (Å²) < 4.78 is 43.2. The van der Waals surface area contributed by atoms with Crippen molar-refractivity contribution in [3.05, 3.63) is 123 Å². The third-order valence-electron chi connectivity index (χ3n) is 8.40. The van der Waals surface area contributed by atoms with E-state index in [9.17, 15) is 18.4 Å². The molecule has 2 atom stereocenters. The smallest absolute Gasteiger partial charge is 0.387 e. The van der Waals surface area contributed by atoms with Crippen LogP contribution in [0.2, 0.25) is 10.0 Å². The Labute approximate surface area is 297 Å². The van der Waals surface area contributed by atoms with Crippen LogP contribution in [0.1, 0.15) is 51.6 Å². The monoisotopic (exact) mass is 726 g/mol. The Morgan fingerprint density at radius 1 is 0.918 bits per heavy atom. The van der Waals surface area contributed by atoms with Gasteiger partial charge < -0.3 is 19.1 Å². The maximum Gasteiger partial charge on any atom is 0.387 e. The Balaban J connectivity index is 1.23. The number of thioether (sulfide) groups is 1. The van der Waals surface area contributed by atoms with Crippen molar-refractivity contribution in [3.8, 4) is 11.5 Å². The van der Waals surface area contributed by atoms with Gasteiger partial charge in [-0.25, -0.2) is 4.79 Å². The van der Waals surface area contributed by atoms with Gasteiger partial charge in [-0.05, 0) is 78.1 Å². The molecule has 2 aliphatic rings. The number of hydrogen-bond acceptors (Lipinski definition) is 7. The Hall–Kier alpha value is -3.86. The van der Waals surface area contributed by atoms with Crippen molar-refractivity contribution in [2.24, 2.45) is 5.92 Å². The van der Waals surface area contributed by atoms with Gasteiger partial charge in [0.25, 0.3) is 5.91 Å². The zero-order valence-corrected chi connectivity index (χ0v) is 28.7. The van der Waals surface area contributed by atoms with Crippen LogP contribution in [0, 0.1) is 5.92 Å². The topological polar surface area (TPSA) is 78.0 Å². The van der Waals surface area contributed by atoms with Crippen LogP contribution >= 0.6 is 35.0 Å². The molecule has 49 heavy (non-hydrogen) atoms. The van der Waals surface area contributed by atoms with Gasteiger partial charge in [0.2, 0.25) is 0 Å². The standard InChI is InChI=1S/C37H34Cl2F2N2O5S/c38-29-20-42-21-30(39)28(29)19-32(26-13-14-31(48-37(40)41)33(18-26)46-22-25-11-12-25)47-36(45)35-43(15-16-49-35)34(44)27-8-4-7-24(17-27)10-9-23-5-2-1-3-6-23/h1-8,13-14,17-18,20-21,25,32,35,37H,9-12,15-16,19,22H2/t32-,35-/m0/s1. The highest BCUT2D eigenvalue weighted by Crippen LogP contribution is 2.39. The van der Waals surface area contributed by atoms with Crippen molar-refractivity contribution in [2.45, 2.75) is 50.2 Å². The first-order chi connectivity index (χ1) is 23.7. The molecular formula is C37H34Cl2F2N2O5S. The van der Waals surface area contributed by atoms with Crippen LogP contribution in [0.25, 0.3) is 0 Å². The van der Waals surface area contributed by atoms with Crippen LogP contribution in [-0.2, 0) is 28.8 Å². The second kappa shape index (κ2) is 16.2. The molecule has 7 nitrogen and oxygen atoms in total. The van der Waals surface area contributed by atoms with E-state index in [4.69, 9.17) is 37.4 Å². The lowest BCUT2D eigenvalue weighted by Crippen LogP contribution is -2.40. The normalized spacial score (nSPS) is 16.4. The summed E-state index contributed by atoms with van der Waals surface area (Å²) in [5.41, 5.74) is 3.66. The molecule has 1 aliphatic carbocycles. The number of carbonyl (C=O) groups excluding carboxylic acids is 2. The summed E-state index contributed by atoms with van der Waals surface area (Å²) in [7, 11) is 0. The number of hydrogen-bond donors (Lipinski definition) is 0. The molecule has 1 aliphatic heterocycles. The summed E-state index contributed by atoms with van der Waals surface area (Å²) in [6, 6.07) is 22.0. The molecular weight excluding hydrogens is 693 g/mol. The van der Waals surface area contributed by atoms with Gasteiger partial charge in [0.05, 0.1) is 16.7 Å². The summed E-state index contributed by atoms with van der Waals surface area (Å²) in [5, 5.41) is -0.357. The molecule has 6 rings (SSSR count). The third kappa shape index (κ3) is 9.23. The van der Waals surface area contributed by atoms with Gasteiger partial charge in [-0.15, -0.1) is 11.8 Å². The molecule has 4 aromatic rings. The summed E-state index contributed by atoms with van der Waals surface area (Å²) in [5.74, 6) is -0.0238. The van der Waals surface area contributed by atoms with Crippen LogP contribution < -0.4 is 9.47 Å². The second-order valence-corrected chi connectivity index (χ2v) is 14.0. The van der Waals surface area contributed by atoms with Gasteiger partial charge in [0.15, 0.2) is 16.9 Å². The van der Waals surface area contributed by atoms with E-state index in [-0.39, 0.29) is 33.9 Å². The predicted molar refractivity (Wildman–Crippen MR) is 186 cm³/mol. The average Bonchev–Trinajstić information content (AvgIpc) is 3.80. The lowest BCUT2D eigenvalue weighted by atomic mass is 10.0. The van der Waals surface area contributed by atoms with Crippen LogP contribution in [0.3, 0.4) is 0 Å². The molecule has 1 amide bonds. The van der Waals surface area contributed by atoms with Crippen molar-refractivity contribution in [3.63, 3.8) is 0 Å². The highest BCUT2D eigenvalue weighted by atomic mass is 35.5. The fourth-order valence-corrected chi connectivity index (χ4v) is 7.22. The molecule has 2 heterocycles. The quantitative estimate of drug-likeness (QED) is 0.121. The van der Waals surface area contributed by atoms with E-state index in [0.717, 1.165) is 31.2 Å². The van der Waals surface area contributed by atoms with E-state index >= 15 is 0 Å². The summed E-state index contributed by atoms with van der Waals surface area (Å²) in [4.78, 5) is 33.2. The largest absolute Gasteiger partial charge is 0.489 e. The van der Waals surface area contributed by atoms with Crippen LogP contribution in [0.5, 0.6) is 11.5 Å². The lowest BCUT2D eigenvalue weighted by Gasteiger charge is -2.26. The highest BCUT2D eigenvalue weighted by Gasteiger charge is 2.38. The number of aromatic nitrogens is 1. The molecule has 1 saturated carbocycles. The first-order valence-electron chi connectivity index (χ1n) is 16.0. The Morgan fingerprint density at radius 3 is 2.39 bits per heavy atom. The SMILES string of the molecule is O=C(O[C@@H](Cc1c(Cl)cncc1Cl)c1ccc(OC(F)F)c(OCC2CC2)c1)[C@@H]1SCCN1C(=O)c1cccc(CCc2ccccc2)c1. The van der Waals surface area contributed by atoms with Gasteiger partial charge in [0, 0.05) is 36.7 Å². The first-order valence-corrected chi connectivity index (χ1v) is 17.8. The molecule has 3 aromatic carbocycles. The maximum absolute atomic E-state index is 13.9. The average molecular weight is 728 g/mol. The number of pyridine rings is 1. The minimum atomic E-state index is -3.05. The Bertz CT molecular complexity index is 1760. The Kier molecular flexibility index (Phi) is 11.6. The molecule has 0 bridgehead atoms. The summed E-state index contributed by atoms with van der Waals surface area (Å²) in [6.45, 7) is -2.34. The molecule has 256 valence electrons. The fraction of sp³-hybridized carbons (Fsp3) is 0.324. The van der Waals surface area contributed by atoms with E-state index in [0.29, 0.717) is 41.5 Å². The third-order valence-corrected chi connectivity index (χ3v) is 10.2. The molecule has 0 radical (unpaired) electrons. The number of esters is 1. The fourth-order valence-electron chi connectivity index (χ4n) is 5.60. The molecule has 12 heteroatoms. The highest BCUT2D eigenvalue weighted by molar-refractivity contribution is 8.00. The molecule has 2 fully saturated rings. The van der Waals surface area contributed by atoms with Gasteiger partial charge >= 0.3 is 12.6 Å². The number of nitrogens with zero attached hydrogens (tertiary/aromatic N) is 2. The number of aryl methyl sites for hydroxylation is 2. The predicted octanol–water partition coefficient (Wildman–Crippen LogP) is 8.61. The van der Waals surface area contributed by atoms with Crippen molar-refractivity contribution < 1.29 is 32.6 Å². The zero-order valence-electron chi connectivity index (χ0n) is 26.4. The number of ether oxygens (including phenoxy) is 3. The molecule has 1 saturated heterocycles. The number of benzene rings is 3. The van der Waals surface area contributed by atoms with Gasteiger partial charge in [-0.3, -0.25) is 9.78 Å². The second-order valence-electron chi connectivity index (χ2n) is 12.0. The first kappa shape index (κ1) is 35.0. The lowest BCUT2D eigenvalue weighted by molar-refractivity contribution is -0.151. The van der Waals surface area contributed by atoms with Crippen LogP contribution in [-0.4, -0.2) is 52.7 Å². The number of amides is 1. The molecule has 1 aromatic heterocycles. The van der Waals surface area contributed by atoms with Crippen molar-refractivity contribution in [1.29, 1.82) is 0 Å². The van der Waals surface area contributed by atoms with Gasteiger partial charge in [-0.2, -0.15) is 8.78 Å². The van der Waals surface area contributed by atoms with Crippen LogP contribution in [0.15, 0.2) is 85.2 Å². The summed E-state index contributed by atoms with van der Waals surface area (Å²) >= 11 is 14.2. The number of rotatable bonds is 14. The Morgan fingerprint density at radius 2 is 1.65 bits per heavy atom. The van der Waals surface area contributed by atoms with E-state index in [1.54, 1.807) is 6.07 Å². The van der Waals surface area contributed by atoms with E-state index in [1.165, 1.54) is 52.8 Å². The van der Waals surface area contributed by atoms with Crippen molar-refractivity contribution in [2.75, 3.05) is 18.9 Å². The number of halogens is 4. The zero-order chi connectivity index (χ0) is 34.3. The van der Waals surface area contributed by atoms with E-state index in [1.807, 2.05) is 36.4 Å². The minimum absolute atomic E-state index is 0.0534. The summed E-state index contributed by atoms with van der Waals surface area (Å²) in [6.07, 6.45) is 5.56. The minimum Gasteiger partial charge on any atom is -0.489 e. The molecule has 0 N–H and O–H groups in total. The van der Waals surface area contributed by atoms with Crippen molar-refractivity contribution in [1.82, 2.24) is 9.88 Å². The van der Waals surface area contributed by atoms with E-state index < -0.39 is 24.1 Å². The van der Waals surface area contributed by atoms with Crippen LogP contribution in [0.4, 0.5) is 8.78 Å². The maximum atomic E-state index is 13.9. The van der Waals surface area contributed by atoms with Gasteiger partial charge in [0.1, 0.15) is 6.10 Å².